The Balaban J connectivity index is 5.26. The summed E-state index contributed by atoms with van der Waals surface area (Å²) in [4.78, 5) is 72.6. The first-order valence-electron chi connectivity index (χ1n) is 36.8. The molecular formula is C71H138O17P2. The molecule has 534 valence electrons. The zero-order valence-electron chi connectivity index (χ0n) is 58.6. The van der Waals surface area contributed by atoms with E-state index in [0.29, 0.717) is 25.7 Å². The maximum atomic E-state index is 13.0. The third-order valence-corrected chi connectivity index (χ3v) is 18.3. The maximum absolute atomic E-state index is 13.0. The number of aliphatic hydroxyl groups excluding tert-OH is 1. The van der Waals surface area contributed by atoms with Crippen LogP contribution in [0.5, 0.6) is 0 Å². The van der Waals surface area contributed by atoms with Crippen LogP contribution < -0.4 is 0 Å². The molecule has 0 radical (unpaired) electrons. The van der Waals surface area contributed by atoms with E-state index in [1.54, 1.807) is 0 Å². The van der Waals surface area contributed by atoms with Gasteiger partial charge in [0.25, 0.3) is 0 Å². The molecule has 0 fully saturated rings. The largest absolute Gasteiger partial charge is 0.472 e. The van der Waals surface area contributed by atoms with Crippen molar-refractivity contribution < 1.29 is 80.2 Å². The molecule has 0 saturated heterocycles. The van der Waals surface area contributed by atoms with E-state index < -0.39 is 97.5 Å². The van der Waals surface area contributed by atoms with Gasteiger partial charge in [0, 0.05) is 25.7 Å². The normalized spacial score (nSPS) is 14.2. The minimum Gasteiger partial charge on any atom is -0.462 e. The van der Waals surface area contributed by atoms with Gasteiger partial charge in [-0.1, -0.05) is 305 Å². The van der Waals surface area contributed by atoms with Gasteiger partial charge in [-0.2, -0.15) is 0 Å². The number of ether oxygens (including phenoxy) is 4. The summed E-state index contributed by atoms with van der Waals surface area (Å²) in [6.45, 7) is 11.8. The van der Waals surface area contributed by atoms with Crippen molar-refractivity contribution in [3.63, 3.8) is 0 Å². The third kappa shape index (κ3) is 64.8. The number of phosphoric ester groups is 2. The SMILES string of the molecule is CCCCCCCCCCCCCCCC(=O)O[C@H](COC(=O)CCCCCCCCCCC(C)C)COP(=O)(O)OC[C@H](O)COP(=O)(O)OC[C@@H](COC(=O)CCCCCCCCCCCCC(C)C)OC(=O)CCCCCCCCCCCCC(C)C. The Labute approximate surface area is 549 Å². The standard InChI is InChI=1S/C71H138O17P2/c1-8-9-10-11-12-13-14-15-16-24-33-40-47-54-70(75)87-67(59-82-69(74)53-46-39-32-27-26-30-37-44-51-64(6)7)61-86-90(79,80)84-57-65(72)56-83-89(77,78)85-60-66(88-71(76)55-48-41-34-25-20-18-22-29-36-43-50-63(4)5)58-81-68(73)52-45-38-31-23-19-17-21-28-35-42-49-62(2)3/h62-67,72H,8-61H2,1-7H3,(H,77,78)(H,79,80)/t65-,66-,67-/m1/s1. The van der Waals surface area contributed by atoms with E-state index in [9.17, 15) is 43.2 Å². The first-order chi connectivity index (χ1) is 43.2. The maximum Gasteiger partial charge on any atom is 0.472 e. The second-order valence-electron chi connectivity index (χ2n) is 27.1. The van der Waals surface area contributed by atoms with Gasteiger partial charge in [-0.05, 0) is 43.4 Å². The molecule has 0 aliphatic rings. The lowest BCUT2D eigenvalue weighted by atomic mass is 10.0. The van der Waals surface area contributed by atoms with Crippen LogP contribution >= 0.6 is 15.6 Å². The van der Waals surface area contributed by atoms with Crippen molar-refractivity contribution in [1.29, 1.82) is 0 Å². The van der Waals surface area contributed by atoms with E-state index in [4.69, 9.17) is 37.0 Å². The quantitative estimate of drug-likeness (QED) is 0.0222. The van der Waals surface area contributed by atoms with Crippen molar-refractivity contribution >= 4 is 39.5 Å². The molecule has 17 nitrogen and oxygen atoms in total. The van der Waals surface area contributed by atoms with E-state index in [1.165, 1.54) is 167 Å². The summed E-state index contributed by atoms with van der Waals surface area (Å²) in [5.41, 5.74) is 0. The first-order valence-corrected chi connectivity index (χ1v) is 39.8. The van der Waals surface area contributed by atoms with Crippen LogP contribution in [0.2, 0.25) is 0 Å². The highest BCUT2D eigenvalue weighted by Gasteiger charge is 2.30. The Morgan fingerprint density at radius 1 is 0.300 bits per heavy atom. The van der Waals surface area contributed by atoms with Crippen LogP contribution in [-0.4, -0.2) is 96.7 Å². The highest BCUT2D eigenvalue weighted by molar-refractivity contribution is 7.47. The fourth-order valence-electron chi connectivity index (χ4n) is 10.7. The lowest BCUT2D eigenvalue weighted by Gasteiger charge is -2.21. The molecule has 3 N–H and O–H groups in total. The van der Waals surface area contributed by atoms with Crippen LogP contribution in [0.15, 0.2) is 0 Å². The number of esters is 4. The van der Waals surface area contributed by atoms with Crippen molar-refractivity contribution in [2.24, 2.45) is 17.8 Å². The average molecular weight is 1330 g/mol. The Morgan fingerprint density at radius 2 is 0.511 bits per heavy atom. The predicted molar refractivity (Wildman–Crippen MR) is 363 cm³/mol. The van der Waals surface area contributed by atoms with E-state index >= 15 is 0 Å². The zero-order valence-corrected chi connectivity index (χ0v) is 60.4. The minimum atomic E-state index is -4.95. The van der Waals surface area contributed by atoms with Gasteiger partial charge in [-0.25, -0.2) is 9.13 Å². The average Bonchev–Trinajstić information content (AvgIpc) is 3.68. The Hall–Kier alpha value is -1.94. The zero-order chi connectivity index (χ0) is 66.6. The molecule has 0 aliphatic heterocycles. The van der Waals surface area contributed by atoms with E-state index in [1.807, 2.05) is 0 Å². The molecule has 0 aromatic carbocycles. The summed E-state index contributed by atoms with van der Waals surface area (Å²) in [7, 11) is -9.90. The lowest BCUT2D eigenvalue weighted by Crippen LogP contribution is -2.30. The second kappa shape index (κ2) is 61.9. The van der Waals surface area contributed by atoms with Crippen LogP contribution in [0.3, 0.4) is 0 Å². The molecule has 0 heterocycles. The highest BCUT2D eigenvalue weighted by Crippen LogP contribution is 2.45. The van der Waals surface area contributed by atoms with E-state index in [-0.39, 0.29) is 25.7 Å². The molecule has 0 aromatic rings. The number of hydrogen-bond acceptors (Lipinski definition) is 15. The molecule has 0 bridgehead atoms. The van der Waals surface area contributed by atoms with Crippen molar-refractivity contribution in [3.8, 4) is 0 Å². The predicted octanol–water partition coefficient (Wildman–Crippen LogP) is 20.2. The highest BCUT2D eigenvalue weighted by atomic mass is 31.2. The number of carbonyl (C=O) groups is 4. The van der Waals surface area contributed by atoms with Gasteiger partial charge in [-0.3, -0.25) is 37.3 Å². The van der Waals surface area contributed by atoms with Gasteiger partial charge in [0.2, 0.25) is 0 Å². The molecule has 5 atom stereocenters. The van der Waals surface area contributed by atoms with E-state index in [0.717, 1.165) is 108 Å². The summed E-state index contributed by atoms with van der Waals surface area (Å²) in [6, 6.07) is 0. The summed E-state index contributed by atoms with van der Waals surface area (Å²) >= 11 is 0. The van der Waals surface area contributed by atoms with Crippen molar-refractivity contribution in [1.82, 2.24) is 0 Å². The molecule has 0 aliphatic carbocycles. The number of carbonyl (C=O) groups excluding carboxylic acids is 4. The van der Waals surface area contributed by atoms with Crippen LogP contribution in [0, 0.1) is 17.8 Å². The molecule has 0 rings (SSSR count). The summed E-state index contributed by atoms with van der Waals surface area (Å²) in [6.07, 6.45) is 45.7. The summed E-state index contributed by atoms with van der Waals surface area (Å²) in [5.74, 6) is 0.113. The topological polar surface area (TPSA) is 237 Å². The van der Waals surface area contributed by atoms with Crippen LogP contribution in [0.1, 0.15) is 357 Å². The Kier molecular flexibility index (Phi) is 60.6. The Bertz CT molecular complexity index is 1770. The first kappa shape index (κ1) is 88.1. The van der Waals surface area contributed by atoms with Crippen LogP contribution in [0.4, 0.5) is 0 Å². The van der Waals surface area contributed by atoms with Crippen LogP contribution in [-0.2, 0) is 65.4 Å². The van der Waals surface area contributed by atoms with Gasteiger partial charge in [0.1, 0.15) is 19.3 Å². The molecule has 0 spiro atoms. The monoisotopic (exact) mass is 1320 g/mol. The van der Waals surface area contributed by atoms with Gasteiger partial charge in [0.15, 0.2) is 12.2 Å². The summed E-state index contributed by atoms with van der Waals surface area (Å²) in [5, 5.41) is 10.6. The number of aliphatic hydroxyl groups is 1. The molecule has 2 unspecified atom stereocenters. The second-order valence-corrected chi connectivity index (χ2v) is 30.0. The minimum absolute atomic E-state index is 0.105. The van der Waals surface area contributed by atoms with Crippen molar-refractivity contribution in [2.75, 3.05) is 39.6 Å². The third-order valence-electron chi connectivity index (χ3n) is 16.4. The molecule has 0 aromatic heterocycles. The molecule has 19 heteroatoms. The molecular weight excluding hydrogens is 1190 g/mol. The molecule has 0 saturated carbocycles. The fraction of sp³-hybridized carbons (Fsp3) is 0.944. The van der Waals surface area contributed by atoms with E-state index in [2.05, 4.69) is 48.5 Å². The fourth-order valence-corrected chi connectivity index (χ4v) is 12.3. The van der Waals surface area contributed by atoms with Gasteiger partial charge in [-0.15, -0.1) is 0 Å². The molecule has 0 amide bonds. The van der Waals surface area contributed by atoms with Gasteiger partial charge < -0.3 is 33.8 Å². The molecule has 90 heavy (non-hydrogen) atoms. The smallest absolute Gasteiger partial charge is 0.462 e. The van der Waals surface area contributed by atoms with Crippen molar-refractivity contribution in [2.45, 2.75) is 375 Å². The van der Waals surface area contributed by atoms with Gasteiger partial charge >= 0.3 is 39.5 Å². The number of rotatable bonds is 69. The number of hydrogen-bond donors (Lipinski definition) is 3. The number of unbranched alkanes of at least 4 members (excludes halogenated alkanes) is 37. The van der Waals surface area contributed by atoms with Crippen molar-refractivity contribution in [3.05, 3.63) is 0 Å². The van der Waals surface area contributed by atoms with Crippen LogP contribution in [0.25, 0.3) is 0 Å². The van der Waals surface area contributed by atoms with Gasteiger partial charge in [0.05, 0.1) is 26.4 Å². The summed E-state index contributed by atoms with van der Waals surface area (Å²) < 4.78 is 68.3. The lowest BCUT2D eigenvalue weighted by molar-refractivity contribution is -0.161. The Morgan fingerprint density at radius 3 is 0.756 bits per heavy atom. The number of phosphoric acid groups is 2.